The van der Waals surface area contributed by atoms with E-state index < -0.39 is 0 Å². The minimum absolute atomic E-state index is 0.653. The van der Waals surface area contributed by atoms with Gasteiger partial charge in [0, 0.05) is 12.6 Å². The summed E-state index contributed by atoms with van der Waals surface area (Å²) in [6.07, 6.45) is 3.71. The molecule has 0 radical (unpaired) electrons. The molecule has 0 aliphatic heterocycles. The highest BCUT2D eigenvalue weighted by Crippen LogP contribution is 2.01. The second kappa shape index (κ2) is 9.20. The molecule has 1 rings (SSSR count). The maximum atomic E-state index is 5.63. The van der Waals surface area contributed by atoms with E-state index in [0.717, 1.165) is 13.2 Å². The highest BCUT2D eigenvalue weighted by Gasteiger charge is 2.02. The summed E-state index contributed by atoms with van der Waals surface area (Å²) < 4.78 is 5.63. The topological polar surface area (TPSA) is 21.3 Å². The number of ether oxygens (including phenoxy) is 1. The molecule has 0 fully saturated rings. The third kappa shape index (κ3) is 6.44. The maximum absolute atomic E-state index is 5.63. The Labute approximate surface area is 105 Å². The summed E-state index contributed by atoms with van der Waals surface area (Å²) in [4.78, 5) is 0. The largest absolute Gasteiger partial charge is 0.375 e. The molecule has 0 heterocycles. The van der Waals surface area contributed by atoms with E-state index in [2.05, 4.69) is 31.3 Å². The predicted octanol–water partition coefficient (Wildman–Crippen LogP) is 3.37. The minimum atomic E-state index is 0.653. The van der Waals surface area contributed by atoms with Crippen LogP contribution in [0.15, 0.2) is 30.3 Å². The average molecular weight is 235 g/mol. The molecule has 1 aromatic rings. The molecule has 0 aliphatic rings. The lowest BCUT2D eigenvalue weighted by atomic mass is 10.1. The van der Waals surface area contributed by atoms with Crippen molar-refractivity contribution < 1.29 is 4.74 Å². The molecule has 17 heavy (non-hydrogen) atoms. The predicted molar refractivity (Wildman–Crippen MR) is 73.1 cm³/mol. The summed E-state index contributed by atoms with van der Waals surface area (Å²) in [5.74, 6) is 0. The Morgan fingerprint density at radius 3 is 2.59 bits per heavy atom. The summed E-state index contributed by atoms with van der Waals surface area (Å²) in [6.45, 7) is 6.92. The molecule has 96 valence electrons. The van der Waals surface area contributed by atoms with E-state index in [0.29, 0.717) is 12.6 Å². The van der Waals surface area contributed by atoms with Gasteiger partial charge in [-0.2, -0.15) is 0 Å². The van der Waals surface area contributed by atoms with Gasteiger partial charge in [0.15, 0.2) is 0 Å². The van der Waals surface area contributed by atoms with E-state index in [4.69, 9.17) is 4.74 Å². The highest BCUT2D eigenvalue weighted by molar-refractivity contribution is 5.13. The van der Waals surface area contributed by atoms with Crippen molar-refractivity contribution in [2.45, 2.75) is 45.8 Å². The second-order valence-electron chi connectivity index (χ2n) is 4.39. The zero-order valence-corrected chi connectivity index (χ0v) is 11.1. The van der Waals surface area contributed by atoms with Crippen LogP contribution in [0, 0.1) is 0 Å². The third-order valence-electron chi connectivity index (χ3n) is 2.92. The van der Waals surface area contributed by atoms with E-state index in [1.54, 1.807) is 0 Å². The average Bonchev–Trinajstić information content (AvgIpc) is 2.38. The van der Waals surface area contributed by atoms with E-state index in [1.165, 1.54) is 24.8 Å². The molecule has 1 unspecified atom stereocenters. The van der Waals surface area contributed by atoms with Crippen LogP contribution in [-0.4, -0.2) is 19.2 Å². The van der Waals surface area contributed by atoms with E-state index in [1.807, 2.05) is 18.2 Å². The molecule has 0 aromatic heterocycles. The van der Waals surface area contributed by atoms with Crippen LogP contribution in [0.5, 0.6) is 0 Å². The van der Waals surface area contributed by atoms with Gasteiger partial charge < -0.3 is 10.1 Å². The lowest BCUT2D eigenvalue weighted by Crippen LogP contribution is -2.31. The zero-order valence-electron chi connectivity index (χ0n) is 11.1. The van der Waals surface area contributed by atoms with Gasteiger partial charge in [0.05, 0.1) is 13.2 Å². The van der Waals surface area contributed by atoms with Crippen molar-refractivity contribution in [1.82, 2.24) is 5.32 Å². The van der Waals surface area contributed by atoms with Gasteiger partial charge in [-0.3, -0.25) is 0 Å². The molecule has 0 saturated carbocycles. The van der Waals surface area contributed by atoms with Crippen LogP contribution in [0.4, 0.5) is 0 Å². The molecule has 2 nitrogen and oxygen atoms in total. The van der Waals surface area contributed by atoms with Crippen LogP contribution < -0.4 is 5.32 Å². The number of rotatable bonds is 9. The lowest BCUT2D eigenvalue weighted by molar-refractivity contribution is 0.120. The molecular formula is C15H25NO. The zero-order chi connectivity index (χ0) is 12.3. The first-order chi connectivity index (χ1) is 8.36. The normalized spacial score (nSPS) is 12.6. The van der Waals surface area contributed by atoms with Crippen LogP contribution in [0.2, 0.25) is 0 Å². The van der Waals surface area contributed by atoms with Crippen molar-refractivity contribution in [3.05, 3.63) is 35.9 Å². The molecule has 0 bridgehead atoms. The summed E-state index contributed by atoms with van der Waals surface area (Å²) >= 11 is 0. The van der Waals surface area contributed by atoms with Gasteiger partial charge in [0.1, 0.15) is 0 Å². The van der Waals surface area contributed by atoms with Crippen molar-refractivity contribution in [1.29, 1.82) is 0 Å². The first-order valence-corrected chi connectivity index (χ1v) is 6.71. The first kappa shape index (κ1) is 14.2. The third-order valence-corrected chi connectivity index (χ3v) is 2.92. The van der Waals surface area contributed by atoms with Gasteiger partial charge in [-0.15, -0.1) is 0 Å². The van der Waals surface area contributed by atoms with Crippen molar-refractivity contribution in [2.24, 2.45) is 0 Å². The Hall–Kier alpha value is -0.860. The fourth-order valence-corrected chi connectivity index (χ4v) is 1.90. The Morgan fingerprint density at radius 2 is 1.94 bits per heavy atom. The van der Waals surface area contributed by atoms with Crippen LogP contribution in [0.25, 0.3) is 0 Å². The Kier molecular flexibility index (Phi) is 7.69. The van der Waals surface area contributed by atoms with Crippen molar-refractivity contribution in [3.8, 4) is 0 Å². The summed E-state index contributed by atoms with van der Waals surface area (Å²) in [5, 5.41) is 3.53. The molecule has 0 saturated heterocycles. The summed E-state index contributed by atoms with van der Waals surface area (Å²) in [7, 11) is 0. The second-order valence-corrected chi connectivity index (χ2v) is 4.39. The number of hydrogen-bond acceptors (Lipinski definition) is 2. The molecule has 0 amide bonds. The van der Waals surface area contributed by atoms with Crippen LogP contribution >= 0.6 is 0 Å². The molecule has 2 heteroatoms. The molecule has 0 aliphatic carbocycles. The standard InChI is InChI=1S/C15H25NO/c1-3-8-15(4-2)16-11-12-17-13-14-9-6-5-7-10-14/h5-7,9-10,15-16H,3-4,8,11-13H2,1-2H3. The Balaban J connectivity index is 2.04. The van der Waals surface area contributed by atoms with Crippen molar-refractivity contribution in [2.75, 3.05) is 13.2 Å². The SMILES string of the molecule is CCCC(CC)NCCOCc1ccccc1. The number of hydrogen-bond donors (Lipinski definition) is 1. The summed E-state index contributed by atoms with van der Waals surface area (Å²) in [6, 6.07) is 11.0. The highest BCUT2D eigenvalue weighted by atomic mass is 16.5. The van der Waals surface area contributed by atoms with Crippen molar-refractivity contribution >= 4 is 0 Å². The van der Waals surface area contributed by atoms with Gasteiger partial charge in [0.2, 0.25) is 0 Å². The number of benzene rings is 1. The van der Waals surface area contributed by atoms with Gasteiger partial charge in [-0.25, -0.2) is 0 Å². The molecule has 0 spiro atoms. The molecule has 1 N–H and O–H groups in total. The van der Waals surface area contributed by atoms with Gasteiger partial charge >= 0.3 is 0 Å². The fourth-order valence-electron chi connectivity index (χ4n) is 1.90. The van der Waals surface area contributed by atoms with Gasteiger partial charge in [-0.1, -0.05) is 50.6 Å². The van der Waals surface area contributed by atoms with Crippen LogP contribution in [0.3, 0.4) is 0 Å². The van der Waals surface area contributed by atoms with Gasteiger partial charge in [-0.05, 0) is 18.4 Å². The quantitative estimate of drug-likeness (QED) is 0.663. The van der Waals surface area contributed by atoms with Crippen LogP contribution in [0.1, 0.15) is 38.7 Å². The van der Waals surface area contributed by atoms with Crippen LogP contribution in [-0.2, 0) is 11.3 Å². The molecular weight excluding hydrogens is 210 g/mol. The molecule has 1 aromatic carbocycles. The van der Waals surface area contributed by atoms with E-state index in [-0.39, 0.29) is 0 Å². The Morgan fingerprint density at radius 1 is 1.18 bits per heavy atom. The van der Waals surface area contributed by atoms with E-state index >= 15 is 0 Å². The first-order valence-electron chi connectivity index (χ1n) is 6.71. The lowest BCUT2D eigenvalue weighted by Gasteiger charge is -2.15. The minimum Gasteiger partial charge on any atom is -0.375 e. The van der Waals surface area contributed by atoms with Gasteiger partial charge in [0.25, 0.3) is 0 Å². The van der Waals surface area contributed by atoms with Crippen molar-refractivity contribution in [3.63, 3.8) is 0 Å². The number of nitrogens with one attached hydrogen (secondary N) is 1. The Bertz CT molecular complexity index is 274. The van der Waals surface area contributed by atoms with E-state index in [9.17, 15) is 0 Å². The molecule has 1 atom stereocenters. The summed E-state index contributed by atoms with van der Waals surface area (Å²) in [5.41, 5.74) is 1.24. The smallest absolute Gasteiger partial charge is 0.0717 e. The fraction of sp³-hybridized carbons (Fsp3) is 0.600. The monoisotopic (exact) mass is 235 g/mol. The maximum Gasteiger partial charge on any atom is 0.0717 e.